The van der Waals surface area contributed by atoms with Crippen molar-refractivity contribution in [1.82, 2.24) is 0 Å². The molecule has 0 amide bonds. The fourth-order valence-corrected chi connectivity index (χ4v) is 3.45. The van der Waals surface area contributed by atoms with Gasteiger partial charge in [-0.3, -0.25) is 24.0 Å². The van der Waals surface area contributed by atoms with Crippen LogP contribution in [-0.2, 0) is 42.9 Å². The largest absolute Gasteiger partial charge is 0.462 e. The van der Waals surface area contributed by atoms with Gasteiger partial charge in [-0.2, -0.15) is 0 Å². The Kier molecular flexibility index (Phi) is 7.93. The minimum atomic E-state index is -2.12. The van der Waals surface area contributed by atoms with Crippen LogP contribution < -0.4 is 0 Å². The molecule has 1 saturated heterocycles. The van der Waals surface area contributed by atoms with Gasteiger partial charge < -0.3 is 24.1 Å². The van der Waals surface area contributed by atoms with Crippen LogP contribution in [-0.4, -0.2) is 69.9 Å². The van der Waals surface area contributed by atoms with Crippen LogP contribution in [0, 0.1) is 0 Å². The van der Waals surface area contributed by atoms with Crippen molar-refractivity contribution >= 4 is 40.6 Å². The Morgan fingerprint density at radius 3 is 1.85 bits per heavy atom. The van der Waals surface area contributed by atoms with Gasteiger partial charge in [0, 0.05) is 27.7 Å². The lowest BCUT2D eigenvalue weighted by molar-refractivity contribution is -0.259. The summed E-state index contributed by atoms with van der Waals surface area (Å²) in [5.41, 5.74) is -3.41. The topological polar surface area (TPSA) is 143 Å². The number of ketones is 1. The van der Waals surface area contributed by atoms with Crippen LogP contribution in [0.3, 0.4) is 0 Å². The first-order valence-electron chi connectivity index (χ1n) is 7.92. The van der Waals surface area contributed by atoms with E-state index in [4.69, 9.17) is 18.9 Å². The number of hydrogen-bond acceptors (Lipinski definition) is 11. The summed E-state index contributed by atoms with van der Waals surface area (Å²) in [5, 5.41) is 10.3. The van der Waals surface area contributed by atoms with E-state index in [9.17, 15) is 29.1 Å². The van der Waals surface area contributed by atoms with Gasteiger partial charge in [-0.25, -0.2) is 0 Å². The third-order valence-electron chi connectivity index (χ3n) is 3.68. The van der Waals surface area contributed by atoms with Crippen molar-refractivity contribution in [3.8, 4) is 0 Å². The zero-order valence-corrected chi connectivity index (χ0v) is 16.4. The normalized spacial score (nSPS) is 30.1. The van der Waals surface area contributed by atoms with Gasteiger partial charge in [-0.05, 0) is 6.92 Å². The van der Waals surface area contributed by atoms with Gasteiger partial charge in [-0.15, -0.1) is 0 Å². The molecule has 0 unspecified atom stereocenters. The highest BCUT2D eigenvalue weighted by Crippen LogP contribution is 2.39. The predicted molar refractivity (Wildman–Crippen MR) is 90.3 cm³/mol. The van der Waals surface area contributed by atoms with Gasteiger partial charge in [0.05, 0.1) is 0 Å². The van der Waals surface area contributed by atoms with Gasteiger partial charge in [0.25, 0.3) is 0 Å². The second-order valence-electron chi connectivity index (χ2n) is 5.91. The van der Waals surface area contributed by atoms with E-state index in [1.54, 1.807) is 0 Å². The molecular formula is C16H22O10S. The molecule has 1 N–H and O–H groups in total. The lowest BCUT2D eigenvalue weighted by Crippen LogP contribution is -2.69. The minimum absolute atomic E-state index is 0.444. The zero-order valence-electron chi connectivity index (χ0n) is 15.5. The molecule has 0 aromatic carbocycles. The number of Topliss-reactive ketones (excluding diaryl/α,β-unsaturated/α-hetero) is 1. The van der Waals surface area contributed by atoms with Crippen molar-refractivity contribution in [2.45, 2.75) is 64.0 Å². The minimum Gasteiger partial charge on any atom is -0.462 e. The number of carbonyl (C=O) groups excluding carboxylic acids is 5. The van der Waals surface area contributed by atoms with E-state index in [-0.39, 0.29) is 0 Å². The number of esters is 3. The summed E-state index contributed by atoms with van der Waals surface area (Å²) >= 11 is 0.579. The number of carbonyl (C=O) groups is 5. The molecule has 1 rings (SSSR count). The summed E-state index contributed by atoms with van der Waals surface area (Å²) in [6.07, 6.45) is -4.73. The fourth-order valence-electron chi connectivity index (χ4n) is 2.56. The highest BCUT2D eigenvalue weighted by Gasteiger charge is 2.60. The highest BCUT2D eigenvalue weighted by molar-refractivity contribution is 8.14. The molecule has 27 heavy (non-hydrogen) atoms. The lowest BCUT2D eigenvalue weighted by Gasteiger charge is -2.48. The smallest absolute Gasteiger partial charge is 0.303 e. The van der Waals surface area contributed by atoms with Crippen LogP contribution in [0.4, 0.5) is 0 Å². The zero-order chi connectivity index (χ0) is 20.9. The number of hydrogen-bond donors (Lipinski definition) is 1. The number of ether oxygens (including phenoxy) is 4. The van der Waals surface area contributed by atoms with E-state index < -0.39 is 64.8 Å². The van der Waals surface area contributed by atoms with Gasteiger partial charge >= 0.3 is 17.9 Å². The SMILES string of the molecule is CC(=O)OC[C@@]1(C(C)=O)O[C@@H](SC(C)=O)[C@H](OC(C)=O)[C@@H](OC(C)=O)[C@H]1O. The van der Waals surface area contributed by atoms with Gasteiger partial charge in [0.1, 0.15) is 12.7 Å². The molecule has 10 nitrogen and oxygen atoms in total. The molecule has 0 spiro atoms. The van der Waals surface area contributed by atoms with Crippen molar-refractivity contribution in [2.75, 3.05) is 6.61 Å². The second-order valence-corrected chi connectivity index (χ2v) is 7.19. The number of thioether (sulfide) groups is 1. The number of aliphatic hydroxyl groups is 1. The summed E-state index contributed by atoms with van der Waals surface area (Å²) in [7, 11) is 0. The van der Waals surface area contributed by atoms with E-state index in [1.165, 1.54) is 6.92 Å². The molecular weight excluding hydrogens is 384 g/mol. The Balaban J connectivity index is 3.43. The monoisotopic (exact) mass is 406 g/mol. The Labute approximate surface area is 159 Å². The highest BCUT2D eigenvalue weighted by atomic mass is 32.2. The maximum Gasteiger partial charge on any atom is 0.303 e. The quantitative estimate of drug-likeness (QED) is 0.460. The van der Waals surface area contributed by atoms with Crippen LogP contribution in [0.2, 0.25) is 0 Å². The Hall–Kier alpha value is -1.98. The average Bonchev–Trinajstić information content (AvgIpc) is 2.50. The van der Waals surface area contributed by atoms with Crippen molar-refractivity contribution in [1.29, 1.82) is 0 Å². The van der Waals surface area contributed by atoms with E-state index in [2.05, 4.69) is 0 Å². The molecule has 0 radical (unpaired) electrons. The predicted octanol–water partition coefficient (Wildman–Crippen LogP) is -0.262. The third kappa shape index (κ3) is 5.75. The Morgan fingerprint density at radius 2 is 1.44 bits per heavy atom. The van der Waals surface area contributed by atoms with E-state index in [0.29, 0.717) is 11.8 Å². The summed E-state index contributed by atoms with van der Waals surface area (Å²) < 4.78 is 20.7. The maximum atomic E-state index is 12.3. The van der Waals surface area contributed by atoms with Gasteiger partial charge in [-0.1, -0.05) is 11.8 Å². The maximum absolute atomic E-state index is 12.3. The first-order valence-corrected chi connectivity index (χ1v) is 8.80. The molecule has 0 aliphatic carbocycles. The first-order chi connectivity index (χ1) is 12.4. The molecule has 0 aromatic heterocycles. The molecule has 11 heteroatoms. The van der Waals surface area contributed by atoms with Gasteiger partial charge in [0.15, 0.2) is 34.1 Å². The van der Waals surface area contributed by atoms with Crippen molar-refractivity contribution in [3.63, 3.8) is 0 Å². The molecule has 0 bridgehead atoms. The van der Waals surface area contributed by atoms with E-state index >= 15 is 0 Å². The first kappa shape index (κ1) is 23.1. The Bertz CT molecular complexity index is 633. The van der Waals surface area contributed by atoms with Crippen LogP contribution in [0.15, 0.2) is 0 Å². The lowest BCUT2D eigenvalue weighted by atomic mass is 9.84. The van der Waals surface area contributed by atoms with Crippen LogP contribution in [0.25, 0.3) is 0 Å². The Morgan fingerprint density at radius 1 is 0.926 bits per heavy atom. The van der Waals surface area contributed by atoms with Crippen LogP contribution in [0.5, 0.6) is 0 Å². The molecule has 1 aliphatic rings. The summed E-state index contributed by atoms with van der Waals surface area (Å²) in [6.45, 7) is 4.85. The van der Waals surface area contributed by atoms with Crippen molar-refractivity contribution in [3.05, 3.63) is 0 Å². The molecule has 1 heterocycles. The van der Waals surface area contributed by atoms with Crippen molar-refractivity contribution < 1.29 is 48.0 Å². The number of rotatable bonds is 6. The van der Waals surface area contributed by atoms with E-state index in [1.807, 2.05) is 0 Å². The number of aliphatic hydroxyl groups excluding tert-OH is 1. The summed E-state index contributed by atoms with van der Waals surface area (Å²) in [5.74, 6) is -3.08. The molecule has 152 valence electrons. The fraction of sp³-hybridized carbons (Fsp3) is 0.688. The molecule has 5 atom stereocenters. The average molecular weight is 406 g/mol. The van der Waals surface area contributed by atoms with Gasteiger partial charge in [0.2, 0.25) is 0 Å². The molecule has 1 aliphatic heterocycles. The van der Waals surface area contributed by atoms with Crippen LogP contribution in [0.1, 0.15) is 34.6 Å². The molecule has 0 saturated carbocycles. The summed E-state index contributed by atoms with van der Waals surface area (Å²) in [4.78, 5) is 58.1. The standard InChI is InChI=1S/C16H22O10S/c1-7(17)16(6-23-8(2)18)14(22)12(24-9(3)19)13(25-10(4)20)15(26-16)27-11(5)21/h12-15,22H,6H2,1-5H3/t12-,13-,14-,15+,16+/m1/s1. The second kappa shape index (κ2) is 9.29. The molecule has 0 aromatic rings. The van der Waals surface area contributed by atoms with E-state index in [0.717, 1.165) is 27.7 Å². The van der Waals surface area contributed by atoms with Crippen LogP contribution >= 0.6 is 11.8 Å². The molecule has 1 fully saturated rings. The summed E-state index contributed by atoms with van der Waals surface area (Å²) in [6, 6.07) is 0. The third-order valence-corrected chi connectivity index (χ3v) is 4.61. The van der Waals surface area contributed by atoms with Crippen molar-refractivity contribution in [2.24, 2.45) is 0 Å².